The molecule has 1 fully saturated rings. The van der Waals surface area contributed by atoms with Crippen LogP contribution in [0.25, 0.3) is 22.3 Å². The van der Waals surface area contributed by atoms with Gasteiger partial charge in [0.05, 0.1) is 0 Å². The van der Waals surface area contributed by atoms with E-state index in [0.29, 0.717) is 5.92 Å². The molecule has 0 aliphatic heterocycles. The summed E-state index contributed by atoms with van der Waals surface area (Å²) in [6, 6.07) is 37.4. The fourth-order valence-corrected chi connectivity index (χ4v) is 5.44. The molecule has 4 aromatic carbocycles. The van der Waals surface area contributed by atoms with Crippen molar-refractivity contribution in [1.29, 1.82) is 0 Å². The van der Waals surface area contributed by atoms with Gasteiger partial charge >= 0.3 is 0 Å². The third-order valence-electron chi connectivity index (χ3n) is 7.70. The third kappa shape index (κ3) is 5.97. The Bertz CT molecular complexity index is 1300. The molecule has 0 heterocycles. The van der Waals surface area contributed by atoms with Crippen LogP contribution in [0.4, 0.5) is 11.4 Å². The number of allylic oxidation sites excluding steroid dienone is 1. The molecule has 5 rings (SSSR count). The highest BCUT2D eigenvalue weighted by Crippen LogP contribution is 2.35. The van der Waals surface area contributed by atoms with E-state index in [-0.39, 0.29) is 0 Å². The van der Waals surface area contributed by atoms with Crippen molar-refractivity contribution in [3.05, 3.63) is 121 Å². The Morgan fingerprint density at radius 2 is 1.24 bits per heavy atom. The molecule has 188 valence electrons. The highest BCUT2D eigenvalue weighted by atomic mass is 15.1. The molecule has 0 spiro atoms. The summed E-state index contributed by atoms with van der Waals surface area (Å²) in [6.45, 7) is 5.49. The van der Waals surface area contributed by atoms with Crippen LogP contribution in [0.5, 0.6) is 0 Å². The highest BCUT2D eigenvalue weighted by Gasteiger charge is 2.22. The maximum Gasteiger partial charge on any atom is 0.0478 e. The second-order valence-electron chi connectivity index (χ2n) is 10.5. The van der Waals surface area contributed by atoms with Crippen molar-refractivity contribution in [1.82, 2.24) is 0 Å². The predicted octanol–water partition coefficient (Wildman–Crippen LogP) is 9.19. The Kier molecular flexibility index (Phi) is 7.75. The average Bonchev–Trinajstić information content (AvgIpc) is 2.97. The average molecular weight is 487 g/mol. The summed E-state index contributed by atoms with van der Waals surface area (Å²) < 4.78 is 0. The van der Waals surface area contributed by atoms with Crippen LogP contribution in [-0.2, 0) is 6.54 Å². The van der Waals surface area contributed by atoms with E-state index in [9.17, 15) is 0 Å². The second-order valence-corrected chi connectivity index (χ2v) is 10.5. The summed E-state index contributed by atoms with van der Waals surface area (Å²) in [4.78, 5) is 4.59. The van der Waals surface area contributed by atoms with E-state index >= 15 is 0 Å². The van der Waals surface area contributed by atoms with Gasteiger partial charge in [0.1, 0.15) is 0 Å². The zero-order valence-corrected chi connectivity index (χ0v) is 22.2. The van der Waals surface area contributed by atoms with Crippen LogP contribution in [0.2, 0.25) is 0 Å². The molecule has 0 saturated heterocycles. The van der Waals surface area contributed by atoms with Crippen molar-refractivity contribution in [2.75, 3.05) is 23.9 Å². The molecule has 4 aromatic rings. The molecule has 0 atom stereocenters. The molecule has 1 aliphatic rings. The second kappa shape index (κ2) is 11.5. The number of nitrogens with zero attached hydrogens (tertiary/aromatic N) is 2. The summed E-state index contributed by atoms with van der Waals surface area (Å²) in [5.74, 6) is 0.559. The Labute approximate surface area is 222 Å². The minimum absolute atomic E-state index is 0.559. The molecule has 0 unspecified atom stereocenters. The lowest BCUT2D eigenvalue weighted by atomic mass is 9.86. The lowest BCUT2D eigenvalue weighted by molar-refractivity contribution is 0.396. The Morgan fingerprint density at radius 3 is 1.89 bits per heavy atom. The van der Waals surface area contributed by atoms with Gasteiger partial charge in [0, 0.05) is 37.7 Å². The first-order chi connectivity index (χ1) is 18.1. The Morgan fingerprint density at radius 1 is 0.649 bits per heavy atom. The van der Waals surface area contributed by atoms with Gasteiger partial charge in [0.15, 0.2) is 0 Å². The predicted molar refractivity (Wildman–Crippen MR) is 160 cm³/mol. The van der Waals surface area contributed by atoms with Gasteiger partial charge in [-0.3, -0.25) is 0 Å². The van der Waals surface area contributed by atoms with Crippen molar-refractivity contribution in [3.63, 3.8) is 0 Å². The van der Waals surface area contributed by atoms with E-state index in [1.165, 1.54) is 77.0 Å². The fraction of sp³-hybridized carbons (Fsp3) is 0.257. The Balaban J connectivity index is 1.42. The number of rotatable bonds is 8. The molecular weight excluding hydrogens is 448 g/mol. The van der Waals surface area contributed by atoms with Crippen LogP contribution >= 0.6 is 0 Å². The Hall–Kier alpha value is -3.78. The van der Waals surface area contributed by atoms with Crippen molar-refractivity contribution in [2.45, 2.75) is 38.6 Å². The molecule has 0 aromatic heterocycles. The minimum atomic E-state index is 0.559. The van der Waals surface area contributed by atoms with E-state index in [2.05, 4.69) is 134 Å². The van der Waals surface area contributed by atoms with Gasteiger partial charge in [-0.25, -0.2) is 0 Å². The largest absolute Gasteiger partial charge is 0.378 e. The van der Waals surface area contributed by atoms with Crippen LogP contribution < -0.4 is 9.80 Å². The normalized spacial score (nSPS) is 13.8. The molecular formula is C35H38N2. The summed E-state index contributed by atoms with van der Waals surface area (Å²) >= 11 is 0. The van der Waals surface area contributed by atoms with Gasteiger partial charge in [-0.05, 0) is 70.8 Å². The van der Waals surface area contributed by atoms with E-state index in [1.54, 1.807) is 0 Å². The first kappa shape index (κ1) is 24.9. The lowest BCUT2D eigenvalue weighted by Gasteiger charge is -2.34. The number of benzene rings is 4. The van der Waals surface area contributed by atoms with Crippen molar-refractivity contribution in [2.24, 2.45) is 5.92 Å². The first-order valence-electron chi connectivity index (χ1n) is 13.6. The smallest absolute Gasteiger partial charge is 0.0478 e. The maximum atomic E-state index is 4.66. The third-order valence-corrected chi connectivity index (χ3v) is 7.70. The van der Waals surface area contributed by atoms with Gasteiger partial charge in [-0.2, -0.15) is 0 Å². The summed E-state index contributed by atoms with van der Waals surface area (Å²) in [5.41, 5.74) is 9.99. The van der Waals surface area contributed by atoms with E-state index in [1.807, 2.05) is 0 Å². The van der Waals surface area contributed by atoms with E-state index < -0.39 is 0 Å². The van der Waals surface area contributed by atoms with Crippen LogP contribution in [0, 0.1) is 5.92 Å². The standard InChI is InChI=1S/C35H38N2/c1-27(29-11-6-4-7-12-29)37(35-16-10-15-33(25-35)30-13-8-5-9-14-30)26-28-17-19-31(20-18-28)32-21-23-34(24-22-32)36(2)3/h5,8-10,13-25,29H,1,4,6-7,11-12,26H2,2-3H3. The van der Waals surface area contributed by atoms with Crippen LogP contribution in [-0.4, -0.2) is 14.1 Å². The SMILES string of the molecule is C=C(C1CCCCC1)N(Cc1ccc(-c2ccc(N(C)C)cc2)cc1)c1cccc(-c2ccccc2)c1. The number of hydrogen-bond acceptors (Lipinski definition) is 2. The topological polar surface area (TPSA) is 6.48 Å². The monoisotopic (exact) mass is 486 g/mol. The van der Waals surface area contributed by atoms with Crippen molar-refractivity contribution >= 4 is 11.4 Å². The molecule has 0 bridgehead atoms. The minimum Gasteiger partial charge on any atom is -0.378 e. The number of hydrogen-bond donors (Lipinski definition) is 0. The van der Waals surface area contributed by atoms with Crippen LogP contribution in [0.3, 0.4) is 0 Å². The first-order valence-corrected chi connectivity index (χ1v) is 13.6. The van der Waals surface area contributed by atoms with E-state index in [0.717, 1.165) is 6.54 Å². The molecule has 1 aliphatic carbocycles. The van der Waals surface area contributed by atoms with Gasteiger partial charge in [0.2, 0.25) is 0 Å². The zero-order valence-electron chi connectivity index (χ0n) is 22.2. The van der Waals surface area contributed by atoms with Gasteiger partial charge in [0.25, 0.3) is 0 Å². The zero-order chi connectivity index (χ0) is 25.6. The number of anilines is 2. The lowest BCUT2D eigenvalue weighted by Crippen LogP contribution is -2.27. The van der Waals surface area contributed by atoms with Crippen LogP contribution in [0.1, 0.15) is 37.7 Å². The molecule has 37 heavy (non-hydrogen) atoms. The molecule has 2 nitrogen and oxygen atoms in total. The molecule has 0 N–H and O–H groups in total. The van der Waals surface area contributed by atoms with Crippen molar-refractivity contribution < 1.29 is 0 Å². The fourth-order valence-electron chi connectivity index (χ4n) is 5.44. The quantitative estimate of drug-likeness (QED) is 0.245. The summed E-state index contributed by atoms with van der Waals surface area (Å²) in [6.07, 6.45) is 6.46. The van der Waals surface area contributed by atoms with Gasteiger partial charge in [-0.1, -0.05) is 105 Å². The summed E-state index contributed by atoms with van der Waals surface area (Å²) in [5, 5.41) is 0. The summed E-state index contributed by atoms with van der Waals surface area (Å²) in [7, 11) is 4.15. The van der Waals surface area contributed by atoms with E-state index in [4.69, 9.17) is 0 Å². The van der Waals surface area contributed by atoms with Gasteiger partial charge in [-0.15, -0.1) is 0 Å². The maximum absolute atomic E-state index is 4.66. The molecule has 0 amide bonds. The van der Waals surface area contributed by atoms with Gasteiger partial charge < -0.3 is 9.80 Å². The molecule has 1 saturated carbocycles. The van der Waals surface area contributed by atoms with Crippen LogP contribution in [0.15, 0.2) is 115 Å². The molecule has 2 heteroatoms. The highest BCUT2D eigenvalue weighted by molar-refractivity contribution is 5.70. The molecule has 0 radical (unpaired) electrons. The van der Waals surface area contributed by atoms with Crippen molar-refractivity contribution in [3.8, 4) is 22.3 Å².